The third-order valence-electron chi connectivity index (χ3n) is 2.76. The van der Waals surface area contributed by atoms with Crippen molar-refractivity contribution in [3.05, 3.63) is 39.4 Å². The van der Waals surface area contributed by atoms with Gasteiger partial charge in [0.15, 0.2) is 0 Å². The van der Waals surface area contributed by atoms with Crippen LogP contribution in [0.5, 0.6) is 0 Å². The molecule has 0 bridgehead atoms. The average Bonchev–Trinajstić information content (AvgIpc) is 2.70. The molecule has 0 aliphatic heterocycles. The zero-order valence-electron chi connectivity index (χ0n) is 12.8. The van der Waals surface area contributed by atoms with Crippen molar-refractivity contribution in [2.75, 3.05) is 0 Å². The Balaban J connectivity index is 2.12. The first kappa shape index (κ1) is 15.1. The molecule has 0 saturated carbocycles. The Kier molecular flexibility index (Phi) is 4.50. The fourth-order valence-corrected chi connectivity index (χ4v) is 2.49. The fraction of sp³-hybridized carbons (Fsp3) is 0.533. The van der Waals surface area contributed by atoms with Gasteiger partial charge in [0.05, 0.1) is 22.8 Å². The summed E-state index contributed by atoms with van der Waals surface area (Å²) in [5.74, 6) is 0.848. The van der Waals surface area contributed by atoms with Gasteiger partial charge in [-0.05, 0) is 40.7 Å². The standard InChI is InChI=1S/C15H22N4S/c1-10-6-12(8-16-15(3,4)5)19-14(17-10)7-13-9-20-11(2)18-13/h6,9,16H,7-8H2,1-5H3. The summed E-state index contributed by atoms with van der Waals surface area (Å²) in [7, 11) is 0. The Morgan fingerprint density at radius 1 is 1.10 bits per heavy atom. The molecule has 0 spiro atoms. The maximum Gasteiger partial charge on any atom is 0.134 e. The minimum Gasteiger partial charge on any atom is -0.306 e. The molecule has 2 aromatic rings. The van der Waals surface area contributed by atoms with Gasteiger partial charge in [0.2, 0.25) is 0 Å². The molecule has 0 aliphatic carbocycles. The Morgan fingerprint density at radius 3 is 2.45 bits per heavy atom. The van der Waals surface area contributed by atoms with Crippen LogP contribution in [0.2, 0.25) is 0 Å². The summed E-state index contributed by atoms with van der Waals surface area (Å²) in [6.45, 7) is 11.2. The number of aromatic nitrogens is 3. The predicted octanol–water partition coefficient (Wildman–Crippen LogP) is 3.03. The molecule has 0 radical (unpaired) electrons. The third kappa shape index (κ3) is 4.65. The van der Waals surface area contributed by atoms with Gasteiger partial charge in [-0.1, -0.05) is 0 Å². The molecule has 20 heavy (non-hydrogen) atoms. The van der Waals surface area contributed by atoms with Gasteiger partial charge < -0.3 is 5.32 Å². The number of nitrogens with one attached hydrogen (secondary N) is 1. The van der Waals surface area contributed by atoms with Crippen molar-refractivity contribution in [1.82, 2.24) is 20.3 Å². The van der Waals surface area contributed by atoms with E-state index in [1.54, 1.807) is 11.3 Å². The largest absolute Gasteiger partial charge is 0.306 e. The minimum atomic E-state index is 0.0883. The summed E-state index contributed by atoms with van der Waals surface area (Å²) in [5.41, 5.74) is 3.18. The maximum atomic E-state index is 4.63. The number of nitrogens with zero attached hydrogens (tertiary/aromatic N) is 3. The highest BCUT2D eigenvalue weighted by Gasteiger charge is 2.11. The van der Waals surface area contributed by atoms with Crippen molar-refractivity contribution >= 4 is 11.3 Å². The van der Waals surface area contributed by atoms with Crippen molar-refractivity contribution in [3.8, 4) is 0 Å². The topological polar surface area (TPSA) is 50.7 Å². The average molecular weight is 290 g/mol. The van der Waals surface area contributed by atoms with Crippen LogP contribution in [-0.2, 0) is 13.0 Å². The van der Waals surface area contributed by atoms with Gasteiger partial charge in [-0.3, -0.25) is 0 Å². The van der Waals surface area contributed by atoms with Crippen LogP contribution in [0, 0.1) is 13.8 Å². The second kappa shape index (κ2) is 5.97. The number of aryl methyl sites for hydroxylation is 2. The lowest BCUT2D eigenvalue weighted by Gasteiger charge is -2.20. The smallest absolute Gasteiger partial charge is 0.134 e. The monoisotopic (exact) mass is 290 g/mol. The van der Waals surface area contributed by atoms with Crippen LogP contribution in [0.3, 0.4) is 0 Å². The van der Waals surface area contributed by atoms with Gasteiger partial charge in [0, 0.05) is 23.2 Å². The van der Waals surface area contributed by atoms with Crippen LogP contribution < -0.4 is 5.32 Å². The highest BCUT2D eigenvalue weighted by molar-refractivity contribution is 7.09. The fourth-order valence-electron chi connectivity index (χ4n) is 1.88. The quantitative estimate of drug-likeness (QED) is 0.940. The van der Waals surface area contributed by atoms with Gasteiger partial charge >= 0.3 is 0 Å². The van der Waals surface area contributed by atoms with E-state index in [-0.39, 0.29) is 5.54 Å². The first-order valence-corrected chi connectivity index (χ1v) is 7.69. The van der Waals surface area contributed by atoms with Crippen molar-refractivity contribution in [3.63, 3.8) is 0 Å². The summed E-state index contributed by atoms with van der Waals surface area (Å²) in [6, 6.07) is 2.04. The van der Waals surface area contributed by atoms with Crippen LogP contribution in [0.15, 0.2) is 11.4 Å². The van der Waals surface area contributed by atoms with E-state index in [2.05, 4.69) is 46.4 Å². The number of thiazole rings is 1. The van der Waals surface area contributed by atoms with Crippen LogP contribution in [0.4, 0.5) is 0 Å². The molecule has 0 atom stereocenters. The minimum absolute atomic E-state index is 0.0883. The summed E-state index contributed by atoms with van der Waals surface area (Å²) < 4.78 is 0. The normalized spacial score (nSPS) is 11.8. The van der Waals surface area contributed by atoms with Gasteiger partial charge in [-0.15, -0.1) is 11.3 Å². The lowest BCUT2D eigenvalue weighted by Crippen LogP contribution is -2.35. The summed E-state index contributed by atoms with van der Waals surface area (Å²) in [6.07, 6.45) is 0.703. The molecule has 0 aromatic carbocycles. The molecule has 5 heteroatoms. The molecule has 0 saturated heterocycles. The number of hydrogen-bond donors (Lipinski definition) is 1. The molecule has 2 heterocycles. The Labute approximate surface area is 124 Å². The second-order valence-corrected chi connectivity index (χ2v) is 7.12. The number of hydrogen-bond acceptors (Lipinski definition) is 5. The van der Waals surface area contributed by atoms with E-state index >= 15 is 0 Å². The Bertz CT molecular complexity index is 584. The molecule has 0 amide bonds. The van der Waals surface area contributed by atoms with Gasteiger partial charge in [-0.2, -0.15) is 0 Å². The lowest BCUT2D eigenvalue weighted by atomic mass is 10.1. The zero-order chi connectivity index (χ0) is 14.8. The van der Waals surface area contributed by atoms with E-state index in [9.17, 15) is 0 Å². The van der Waals surface area contributed by atoms with Crippen LogP contribution >= 0.6 is 11.3 Å². The van der Waals surface area contributed by atoms with Gasteiger partial charge in [0.25, 0.3) is 0 Å². The maximum absolute atomic E-state index is 4.63. The molecule has 1 N–H and O–H groups in total. The second-order valence-electron chi connectivity index (χ2n) is 6.06. The molecule has 108 valence electrons. The van der Waals surface area contributed by atoms with Crippen LogP contribution in [0.25, 0.3) is 0 Å². The Morgan fingerprint density at radius 2 is 1.85 bits per heavy atom. The lowest BCUT2D eigenvalue weighted by molar-refractivity contribution is 0.420. The van der Waals surface area contributed by atoms with Crippen molar-refractivity contribution < 1.29 is 0 Å². The molecule has 0 aliphatic rings. The highest BCUT2D eigenvalue weighted by Crippen LogP contribution is 2.12. The SMILES string of the molecule is Cc1cc(CNC(C)(C)C)nc(Cc2csc(C)n2)n1. The first-order valence-electron chi connectivity index (χ1n) is 6.81. The summed E-state index contributed by atoms with van der Waals surface area (Å²) in [5, 5.41) is 6.62. The van der Waals surface area contributed by atoms with Crippen molar-refractivity contribution in [2.45, 2.75) is 53.1 Å². The zero-order valence-corrected chi connectivity index (χ0v) is 13.6. The van der Waals surface area contributed by atoms with E-state index in [1.807, 2.05) is 19.9 Å². The molecular weight excluding hydrogens is 268 g/mol. The van der Waals surface area contributed by atoms with Crippen LogP contribution in [0.1, 0.15) is 48.7 Å². The van der Waals surface area contributed by atoms with Crippen molar-refractivity contribution in [2.24, 2.45) is 0 Å². The van der Waals surface area contributed by atoms with E-state index in [1.165, 1.54) is 0 Å². The van der Waals surface area contributed by atoms with E-state index in [0.717, 1.165) is 34.5 Å². The summed E-state index contributed by atoms with van der Waals surface area (Å²) >= 11 is 1.67. The molecule has 0 unspecified atom stereocenters. The Hall–Kier alpha value is -1.33. The van der Waals surface area contributed by atoms with Crippen LogP contribution in [-0.4, -0.2) is 20.5 Å². The molecule has 4 nitrogen and oxygen atoms in total. The molecular formula is C15H22N4S. The molecule has 2 aromatic heterocycles. The highest BCUT2D eigenvalue weighted by atomic mass is 32.1. The molecule has 0 fully saturated rings. The summed E-state index contributed by atoms with van der Waals surface area (Å²) in [4.78, 5) is 13.6. The number of rotatable bonds is 4. The third-order valence-corrected chi connectivity index (χ3v) is 3.58. The van der Waals surface area contributed by atoms with E-state index in [4.69, 9.17) is 0 Å². The first-order chi connectivity index (χ1) is 9.32. The van der Waals surface area contributed by atoms with Gasteiger partial charge in [-0.25, -0.2) is 15.0 Å². The van der Waals surface area contributed by atoms with Crippen molar-refractivity contribution in [1.29, 1.82) is 0 Å². The predicted molar refractivity (Wildman–Crippen MR) is 83.0 cm³/mol. The van der Waals surface area contributed by atoms with Gasteiger partial charge in [0.1, 0.15) is 5.82 Å². The van der Waals surface area contributed by atoms with E-state index in [0.29, 0.717) is 6.42 Å². The molecule has 2 rings (SSSR count). The van der Waals surface area contributed by atoms with E-state index < -0.39 is 0 Å².